The third-order valence-corrected chi connectivity index (χ3v) is 9.70. The van der Waals surface area contributed by atoms with Crippen LogP contribution < -0.4 is 0 Å². The zero-order valence-corrected chi connectivity index (χ0v) is 18.0. The monoisotopic (exact) mass is 504 g/mol. The maximum absolute atomic E-state index is 13.3. The predicted molar refractivity (Wildman–Crippen MR) is 101 cm³/mol. The first-order chi connectivity index (χ1) is 12.9. The van der Waals surface area contributed by atoms with E-state index in [2.05, 4.69) is 15.9 Å². The van der Waals surface area contributed by atoms with Crippen LogP contribution in [0.1, 0.15) is 37.7 Å². The van der Waals surface area contributed by atoms with Gasteiger partial charge in [0, 0.05) is 4.47 Å². The lowest BCUT2D eigenvalue weighted by atomic mass is 10.2. The molecule has 1 aromatic rings. The summed E-state index contributed by atoms with van der Waals surface area (Å²) in [6.07, 6.45) is -3.96. The Morgan fingerprint density at radius 3 is 2.29 bits per heavy atom. The summed E-state index contributed by atoms with van der Waals surface area (Å²) < 4.78 is 94.8. The number of benzene rings is 1. The Kier molecular flexibility index (Phi) is 6.21. The Hall–Kier alpha value is -0.650. The highest BCUT2D eigenvalue weighted by Crippen LogP contribution is 2.40. The number of sulfone groups is 2. The van der Waals surface area contributed by atoms with E-state index < -0.39 is 47.7 Å². The van der Waals surface area contributed by atoms with E-state index in [1.54, 1.807) is 0 Å². The van der Waals surface area contributed by atoms with E-state index in [0.29, 0.717) is 19.3 Å². The van der Waals surface area contributed by atoms with Crippen LogP contribution in [0.5, 0.6) is 0 Å². The average molecular weight is 505 g/mol. The maximum atomic E-state index is 13.3. The lowest BCUT2D eigenvalue weighted by Gasteiger charge is -2.25. The fraction of sp³-hybridized carbons (Fsp3) is 0.647. The minimum Gasteiger partial charge on any atom is -0.375 e. The van der Waals surface area contributed by atoms with E-state index in [1.807, 2.05) is 0 Å². The summed E-state index contributed by atoms with van der Waals surface area (Å²) in [5.74, 6) is 0.0832. The van der Waals surface area contributed by atoms with Crippen LogP contribution >= 0.6 is 15.9 Å². The molecule has 0 aromatic heterocycles. The minimum absolute atomic E-state index is 0.0416. The predicted octanol–water partition coefficient (Wildman–Crippen LogP) is 3.76. The van der Waals surface area contributed by atoms with Crippen LogP contribution in [-0.4, -0.2) is 45.8 Å². The van der Waals surface area contributed by atoms with Crippen molar-refractivity contribution in [2.24, 2.45) is 0 Å². The van der Waals surface area contributed by atoms with Gasteiger partial charge < -0.3 is 4.74 Å². The van der Waals surface area contributed by atoms with Crippen LogP contribution in [-0.2, 0) is 30.6 Å². The first kappa shape index (κ1) is 22.0. The van der Waals surface area contributed by atoms with Crippen molar-refractivity contribution < 1.29 is 34.7 Å². The van der Waals surface area contributed by atoms with Crippen LogP contribution in [0.25, 0.3) is 0 Å². The molecule has 1 saturated heterocycles. The summed E-state index contributed by atoms with van der Waals surface area (Å²) in [5.41, 5.74) is -1.18. The molecule has 1 heterocycles. The van der Waals surface area contributed by atoms with Crippen molar-refractivity contribution in [1.29, 1.82) is 0 Å². The molecule has 0 amide bonds. The average Bonchev–Trinajstić information content (AvgIpc) is 3.05. The first-order valence-electron chi connectivity index (χ1n) is 8.85. The SMILES string of the molecule is O=S1(=O)CCC(O[C@H]2CC[C@H](S(=O)(=O)c3ccc(Br)cc3C(F)(F)F)C2)CC1. The molecule has 0 N–H and O–H groups in total. The third-order valence-electron chi connectivity index (χ3n) is 5.22. The molecular formula is C17H20BrF3O5S2. The van der Waals surface area contributed by atoms with Gasteiger partial charge in [-0.05, 0) is 50.3 Å². The van der Waals surface area contributed by atoms with E-state index >= 15 is 0 Å². The van der Waals surface area contributed by atoms with Gasteiger partial charge in [-0.25, -0.2) is 16.8 Å². The number of rotatable bonds is 4. The van der Waals surface area contributed by atoms with Crippen molar-refractivity contribution in [1.82, 2.24) is 0 Å². The highest BCUT2D eigenvalue weighted by Gasteiger charge is 2.43. The molecule has 2 atom stereocenters. The highest BCUT2D eigenvalue weighted by molar-refractivity contribution is 9.10. The van der Waals surface area contributed by atoms with Crippen molar-refractivity contribution >= 4 is 35.6 Å². The lowest BCUT2D eigenvalue weighted by molar-refractivity contribution is -0.139. The summed E-state index contributed by atoms with van der Waals surface area (Å²) in [4.78, 5) is -0.711. The number of alkyl halides is 3. The van der Waals surface area contributed by atoms with Crippen LogP contribution in [0.4, 0.5) is 13.2 Å². The molecule has 1 aromatic carbocycles. The van der Waals surface area contributed by atoms with Gasteiger partial charge in [0.05, 0.1) is 39.4 Å². The van der Waals surface area contributed by atoms with Gasteiger partial charge in [-0.15, -0.1) is 0 Å². The molecule has 1 aliphatic carbocycles. The fourth-order valence-corrected chi connectivity index (χ4v) is 7.56. The molecule has 0 bridgehead atoms. The van der Waals surface area contributed by atoms with E-state index in [4.69, 9.17) is 4.74 Å². The summed E-state index contributed by atoms with van der Waals surface area (Å²) in [6, 6.07) is 3.05. The quantitative estimate of drug-likeness (QED) is 0.623. The highest BCUT2D eigenvalue weighted by atomic mass is 79.9. The van der Waals surface area contributed by atoms with Crippen LogP contribution in [0.15, 0.2) is 27.6 Å². The van der Waals surface area contributed by atoms with E-state index in [-0.39, 0.29) is 34.9 Å². The summed E-state index contributed by atoms with van der Waals surface area (Å²) in [7, 11) is -7.21. The van der Waals surface area contributed by atoms with Gasteiger partial charge in [0.15, 0.2) is 19.7 Å². The topological polar surface area (TPSA) is 77.5 Å². The third kappa shape index (κ3) is 4.91. The van der Waals surface area contributed by atoms with Gasteiger partial charge in [0.1, 0.15) is 0 Å². The van der Waals surface area contributed by atoms with Crippen molar-refractivity contribution in [2.75, 3.05) is 11.5 Å². The van der Waals surface area contributed by atoms with Crippen molar-refractivity contribution in [3.8, 4) is 0 Å². The second-order valence-corrected chi connectivity index (χ2v) is 12.6. The number of hydrogen-bond donors (Lipinski definition) is 0. The molecule has 158 valence electrons. The molecular weight excluding hydrogens is 485 g/mol. The molecule has 5 nitrogen and oxygen atoms in total. The smallest absolute Gasteiger partial charge is 0.375 e. The lowest BCUT2D eigenvalue weighted by Crippen LogP contribution is -2.31. The van der Waals surface area contributed by atoms with Crippen LogP contribution in [0, 0.1) is 0 Å². The van der Waals surface area contributed by atoms with Crippen molar-refractivity contribution in [3.63, 3.8) is 0 Å². The van der Waals surface area contributed by atoms with Crippen molar-refractivity contribution in [2.45, 2.75) is 60.6 Å². The Bertz CT molecular complexity index is 930. The zero-order valence-electron chi connectivity index (χ0n) is 14.8. The van der Waals surface area contributed by atoms with E-state index in [0.717, 1.165) is 12.1 Å². The standard InChI is InChI=1S/C17H20BrF3O5S2/c18-11-1-4-16(15(9-11)17(19,20)21)28(24,25)14-3-2-13(10-14)26-12-5-7-27(22,23)8-6-12/h1,4,9,12-14H,2-3,5-8,10H2/t13-,14-/m0/s1. The molecule has 11 heteroatoms. The molecule has 2 aliphatic rings. The van der Waals surface area contributed by atoms with E-state index in [9.17, 15) is 30.0 Å². The Balaban J connectivity index is 1.73. The van der Waals surface area contributed by atoms with Gasteiger partial charge in [-0.1, -0.05) is 15.9 Å². The fourth-order valence-electron chi connectivity index (χ4n) is 3.73. The molecule has 1 aliphatic heterocycles. The van der Waals surface area contributed by atoms with Crippen molar-refractivity contribution in [3.05, 3.63) is 28.2 Å². The molecule has 1 saturated carbocycles. The summed E-state index contributed by atoms with van der Waals surface area (Å²) in [5, 5.41) is -0.952. The maximum Gasteiger partial charge on any atom is 0.417 e. The van der Waals surface area contributed by atoms with Gasteiger partial charge in [0.2, 0.25) is 0 Å². The Labute approximate surface area is 170 Å². The molecule has 2 fully saturated rings. The molecule has 3 rings (SSSR count). The number of ether oxygens (including phenoxy) is 1. The van der Waals surface area contributed by atoms with Gasteiger partial charge in [0.25, 0.3) is 0 Å². The molecule has 28 heavy (non-hydrogen) atoms. The Morgan fingerprint density at radius 1 is 1.04 bits per heavy atom. The normalized spacial score (nSPS) is 26.4. The van der Waals surface area contributed by atoms with Crippen LogP contribution in [0.2, 0.25) is 0 Å². The number of halogens is 4. The molecule has 0 spiro atoms. The summed E-state index contributed by atoms with van der Waals surface area (Å²) in [6.45, 7) is 0. The molecule has 0 radical (unpaired) electrons. The largest absolute Gasteiger partial charge is 0.417 e. The van der Waals surface area contributed by atoms with Gasteiger partial charge in [-0.2, -0.15) is 13.2 Å². The van der Waals surface area contributed by atoms with E-state index in [1.165, 1.54) is 6.07 Å². The number of hydrogen-bond acceptors (Lipinski definition) is 5. The second-order valence-electron chi connectivity index (χ2n) is 7.23. The van der Waals surface area contributed by atoms with Gasteiger partial charge in [-0.3, -0.25) is 0 Å². The van der Waals surface area contributed by atoms with Gasteiger partial charge >= 0.3 is 6.18 Å². The Morgan fingerprint density at radius 2 is 1.68 bits per heavy atom. The zero-order chi connectivity index (χ0) is 20.7. The molecule has 0 unspecified atom stereocenters. The van der Waals surface area contributed by atoms with Crippen LogP contribution in [0.3, 0.4) is 0 Å². The summed E-state index contributed by atoms with van der Waals surface area (Å²) >= 11 is 2.95. The first-order valence-corrected chi connectivity index (χ1v) is 13.0. The minimum atomic E-state index is -4.78. The second kappa shape index (κ2) is 7.88.